The first-order valence-corrected chi connectivity index (χ1v) is 4.75. The second-order valence-corrected chi connectivity index (χ2v) is 3.68. The van der Waals surface area contributed by atoms with E-state index >= 15 is 0 Å². The summed E-state index contributed by atoms with van der Waals surface area (Å²) in [6.07, 6.45) is 4.72. The Morgan fingerprint density at radius 2 is 2.43 bits per heavy atom. The summed E-state index contributed by atoms with van der Waals surface area (Å²) < 4.78 is 1.78. The van der Waals surface area contributed by atoms with Crippen molar-refractivity contribution in [2.75, 3.05) is 6.54 Å². The van der Waals surface area contributed by atoms with E-state index in [2.05, 4.69) is 10.3 Å². The quantitative estimate of drug-likeness (QED) is 0.508. The molecule has 0 bridgehead atoms. The zero-order valence-electron chi connectivity index (χ0n) is 7.80. The molecule has 1 fully saturated rings. The lowest BCUT2D eigenvalue weighted by atomic mass is 10.3. The Bertz CT molecular complexity index is 332. The number of hydrogen-bond acceptors (Lipinski definition) is 4. The number of hydrogen-bond donors (Lipinski definition) is 0. The molecule has 0 aliphatic heterocycles. The molecule has 14 heavy (non-hydrogen) atoms. The summed E-state index contributed by atoms with van der Waals surface area (Å²) in [5.41, 5.74) is 0.711. The fraction of sp³-hybridized carbons (Fsp3) is 0.750. The molecular formula is C8H12N4O2. The third-order valence-corrected chi connectivity index (χ3v) is 2.28. The van der Waals surface area contributed by atoms with Gasteiger partial charge < -0.3 is 0 Å². The maximum atomic E-state index is 10.1. The minimum atomic E-state index is -0.333. The summed E-state index contributed by atoms with van der Waals surface area (Å²) >= 11 is 0. The van der Waals surface area contributed by atoms with Crippen molar-refractivity contribution < 1.29 is 4.92 Å². The van der Waals surface area contributed by atoms with E-state index < -0.39 is 0 Å². The van der Waals surface area contributed by atoms with Crippen LogP contribution in [0, 0.1) is 16.0 Å². The molecule has 0 atom stereocenters. The van der Waals surface area contributed by atoms with Crippen molar-refractivity contribution in [3.8, 4) is 0 Å². The molecule has 0 saturated heterocycles. The first-order valence-electron chi connectivity index (χ1n) is 4.75. The van der Waals surface area contributed by atoms with Crippen molar-refractivity contribution in [1.29, 1.82) is 0 Å². The molecule has 0 unspecified atom stereocenters. The van der Waals surface area contributed by atoms with Gasteiger partial charge in [0.2, 0.25) is 6.54 Å². The van der Waals surface area contributed by atoms with Crippen LogP contribution in [0.1, 0.15) is 18.5 Å². The van der Waals surface area contributed by atoms with E-state index in [4.69, 9.17) is 0 Å². The minimum absolute atomic E-state index is 0.0673. The molecule has 1 saturated carbocycles. The lowest BCUT2D eigenvalue weighted by molar-refractivity contribution is -0.479. The van der Waals surface area contributed by atoms with Crippen LogP contribution in [0.25, 0.3) is 0 Å². The maximum Gasteiger partial charge on any atom is 0.209 e. The average Bonchev–Trinajstić information content (AvgIpc) is 2.81. The maximum absolute atomic E-state index is 10.1. The van der Waals surface area contributed by atoms with Gasteiger partial charge in [-0.2, -0.15) is 0 Å². The third kappa shape index (κ3) is 2.51. The number of rotatable bonds is 5. The van der Waals surface area contributed by atoms with Crippen molar-refractivity contribution in [3.63, 3.8) is 0 Å². The molecule has 1 aliphatic rings. The Kier molecular flexibility index (Phi) is 2.43. The van der Waals surface area contributed by atoms with Gasteiger partial charge in [-0.25, -0.2) is 0 Å². The Morgan fingerprint density at radius 3 is 3.07 bits per heavy atom. The summed E-state index contributed by atoms with van der Waals surface area (Å²) in [6.45, 7) is 0.841. The topological polar surface area (TPSA) is 73.8 Å². The highest BCUT2D eigenvalue weighted by Gasteiger charge is 2.22. The molecule has 1 heterocycles. The van der Waals surface area contributed by atoms with Crippen LogP contribution >= 0.6 is 0 Å². The molecule has 0 radical (unpaired) electrons. The van der Waals surface area contributed by atoms with Crippen LogP contribution in [0.3, 0.4) is 0 Å². The van der Waals surface area contributed by atoms with Gasteiger partial charge in [0, 0.05) is 17.7 Å². The standard InChI is InChI=1S/C8H12N4O2/c13-12(14)4-3-8-6-11(10-9-8)5-7-1-2-7/h6-7H,1-5H2. The first kappa shape index (κ1) is 9.11. The van der Waals surface area contributed by atoms with Crippen molar-refractivity contribution in [1.82, 2.24) is 15.0 Å². The lowest BCUT2D eigenvalue weighted by Gasteiger charge is -1.94. The third-order valence-electron chi connectivity index (χ3n) is 2.28. The summed E-state index contributed by atoms with van der Waals surface area (Å²) in [7, 11) is 0. The summed E-state index contributed by atoms with van der Waals surface area (Å²) in [5, 5.41) is 17.9. The van der Waals surface area contributed by atoms with Crippen molar-refractivity contribution in [2.24, 2.45) is 5.92 Å². The van der Waals surface area contributed by atoms with Crippen LogP contribution in [-0.4, -0.2) is 26.5 Å². The van der Waals surface area contributed by atoms with Crippen LogP contribution in [-0.2, 0) is 13.0 Å². The van der Waals surface area contributed by atoms with Crippen molar-refractivity contribution in [2.45, 2.75) is 25.8 Å². The molecule has 76 valence electrons. The van der Waals surface area contributed by atoms with Crippen LogP contribution in [0.2, 0.25) is 0 Å². The molecule has 0 spiro atoms. The van der Waals surface area contributed by atoms with Gasteiger partial charge in [-0.05, 0) is 18.8 Å². The second-order valence-electron chi connectivity index (χ2n) is 3.68. The molecule has 6 nitrogen and oxygen atoms in total. The zero-order chi connectivity index (χ0) is 9.97. The molecule has 1 aliphatic carbocycles. The molecule has 0 N–H and O–H groups in total. The predicted octanol–water partition coefficient (Wildman–Crippen LogP) is 0.507. The van der Waals surface area contributed by atoms with Crippen LogP contribution in [0.4, 0.5) is 0 Å². The zero-order valence-corrected chi connectivity index (χ0v) is 7.80. The molecule has 2 rings (SSSR count). The fourth-order valence-corrected chi connectivity index (χ4v) is 1.31. The van der Waals surface area contributed by atoms with Gasteiger partial charge in [0.05, 0.1) is 12.1 Å². The summed E-state index contributed by atoms with van der Waals surface area (Å²) in [5.74, 6) is 0.750. The fourth-order valence-electron chi connectivity index (χ4n) is 1.31. The number of nitro groups is 1. The second kappa shape index (κ2) is 3.73. The first-order chi connectivity index (χ1) is 6.74. The molecule has 1 aromatic rings. The molecule has 6 heteroatoms. The number of nitrogens with zero attached hydrogens (tertiary/aromatic N) is 4. The van der Waals surface area contributed by atoms with E-state index in [0.29, 0.717) is 12.1 Å². The Morgan fingerprint density at radius 1 is 1.64 bits per heavy atom. The summed E-state index contributed by atoms with van der Waals surface area (Å²) in [4.78, 5) is 9.78. The van der Waals surface area contributed by atoms with Crippen LogP contribution in [0.15, 0.2) is 6.20 Å². The smallest absolute Gasteiger partial charge is 0.209 e. The van der Waals surface area contributed by atoms with Gasteiger partial charge >= 0.3 is 0 Å². The van der Waals surface area contributed by atoms with Gasteiger partial charge in [-0.15, -0.1) is 5.10 Å². The minimum Gasteiger partial charge on any atom is -0.265 e. The number of aromatic nitrogens is 3. The van der Waals surface area contributed by atoms with E-state index in [9.17, 15) is 10.1 Å². The normalized spacial score (nSPS) is 15.7. The van der Waals surface area contributed by atoms with E-state index in [1.54, 1.807) is 4.68 Å². The van der Waals surface area contributed by atoms with Crippen LogP contribution < -0.4 is 0 Å². The Hall–Kier alpha value is -1.46. The lowest BCUT2D eigenvalue weighted by Crippen LogP contribution is -2.04. The Labute approximate surface area is 81.1 Å². The molecule has 0 amide bonds. The van der Waals surface area contributed by atoms with E-state index in [0.717, 1.165) is 12.5 Å². The van der Waals surface area contributed by atoms with Crippen molar-refractivity contribution in [3.05, 3.63) is 22.0 Å². The van der Waals surface area contributed by atoms with Gasteiger partial charge in [0.25, 0.3) is 0 Å². The highest BCUT2D eigenvalue weighted by molar-refractivity contribution is 4.92. The van der Waals surface area contributed by atoms with E-state index in [1.165, 1.54) is 12.8 Å². The van der Waals surface area contributed by atoms with Crippen LogP contribution in [0.5, 0.6) is 0 Å². The average molecular weight is 196 g/mol. The van der Waals surface area contributed by atoms with Gasteiger partial charge in [0.1, 0.15) is 0 Å². The summed E-state index contributed by atoms with van der Waals surface area (Å²) in [6, 6.07) is 0. The van der Waals surface area contributed by atoms with E-state index in [-0.39, 0.29) is 11.5 Å². The molecular weight excluding hydrogens is 184 g/mol. The molecule has 0 aromatic carbocycles. The predicted molar refractivity (Wildman–Crippen MR) is 48.3 cm³/mol. The largest absolute Gasteiger partial charge is 0.265 e. The highest BCUT2D eigenvalue weighted by atomic mass is 16.6. The van der Waals surface area contributed by atoms with Gasteiger partial charge in [0.15, 0.2) is 0 Å². The Balaban J connectivity index is 1.85. The monoisotopic (exact) mass is 196 g/mol. The van der Waals surface area contributed by atoms with Crippen molar-refractivity contribution >= 4 is 0 Å². The molecule has 1 aromatic heterocycles. The SMILES string of the molecule is O=[N+]([O-])CCc1cn(CC2CC2)nn1. The highest BCUT2D eigenvalue weighted by Crippen LogP contribution is 2.30. The van der Waals surface area contributed by atoms with Gasteiger partial charge in [-0.3, -0.25) is 14.8 Å². The van der Waals surface area contributed by atoms with Gasteiger partial charge in [-0.1, -0.05) is 5.21 Å². The van der Waals surface area contributed by atoms with E-state index in [1.807, 2.05) is 6.20 Å².